The molecular formula is C10H8F3NO2. The molecule has 0 aliphatic rings. The Kier molecular flexibility index (Phi) is 3.55. The molecule has 16 heavy (non-hydrogen) atoms. The van der Waals surface area contributed by atoms with E-state index in [1.54, 1.807) is 0 Å². The van der Waals surface area contributed by atoms with Crippen LogP contribution >= 0.6 is 0 Å². The van der Waals surface area contributed by atoms with Gasteiger partial charge >= 0.3 is 5.97 Å². The fourth-order valence-electron chi connectivity index (χ4n) is 1.13. The number of halogens is 3. The summed E-state index contributed by atoms with van der Waals surface area (Å²) in [6, 6.07) is 1.03. The lowest BCUT2D eigenvalue weighted by molar-refractivity contribution is -0.131. The van der Waals surface area contributed by atoms with Crippen LogP contribution < -0.4 is 5.73 Å². The fourth-order valence-corrected chi connectivity index (χ4v) is 1.13. The number of hydrogen-bond donors (Lipinski definition) is 2. The maximum atomic E-state index is 13.1. The van der Waals surface area contributed by atoms with Gasteiger partial charge in [0, 0.05) is 24.3 Å². The van der Waals surface area contributed by atoms with Crippen molar-refractivity contribution in [2.45, 2.75) is 6.42 Å². The molecule has 3 nitrogen and oxygen atoms in total. The van der Waals surface area contributed by atoms with Crippen molar-refractivity contribution in [1.29, 1.82) is 0 Å². The third-order valence-electron chi connectivity index (χ3n) is 1.79. The Hall–Kier alpha value is -1.98. The number of hydrogen-bond acceptors (Lipinski definition) is 2. The van der Waals surface area contributed by atoms with Crippen molar-refractivity contribution < 1.29 is 23.1 Å². The second-order valence-corrected chi connectivity index (χ2v) is 3.09. The molecule has 86 valence electrons. The van der Waals surface area contributed by atoms with E-state index in [4.69, 9.17) is 10.8 Å². The molecule has 0 spiro atoms. The van der Waals surface area contributed by atoms with Crippen molar-refractivity contribution in [2.75, 3.05) is 0 Å². The molecule has 6 heteroatoms. The number of aliphatic carboxylic acids is 1. The first-order chi connectivity index (χ1) is 7.40. The zero-order chi connectivity index (χ0) is 12.3. The highest BCUT2D eigenvalue weighted by atomic mass is 19.2. The predicted octanol–water partition coefficient (Wildman–Crippen LogP) is 1.57. The molecule has 0 heterocycles. The molecule has 1 aromatic rings. The van der Waals surface area contributed by atoms with Gasteiger partial charge in [-0.15, -0.1) is 0 Å². The van der Waals surface area contributed by atoms with Gasteiger partial charge in [0.25, 0.3) is 0 Å². The van der Waals surface area contributed by atoms with E-state index in [0.717, 1.165) is 0 Å². The van der Waals surface area contributed by atoms with E-state index in [9.17, 15) is 18.0 Å². The van der Waals surface area contributed by atoms with E-state index in [0.29, 0.717) is 18.2 Å². The SMILES string of the molecule is N/C(=C/C(=O)O)Cc1cc(F)c(F)cc1F. The van der Waals surface area contributed by atoms with Crippen LogP contribution in [0.3, 0.4) is 0 Å². The summed E-state index contributed by atoms with van der Waals surface area (Å²) >= 11 is 0. The Morgan fingerprint density at radius 3 is 2.38 bits per heavy atom. The number of carbonyl (C=O) groups is 1. The molecule has 0 radical (unpaired) electrons. The maximum absolute atomic E-state index is 13.1. The first kappa shape index (κ1) is 12.1. The molecule has 0 saturated heterocycles. The van der Waals surface area contributed by atoms with Crippen molar-refractivity contribution in [2.24, 2.45) is 5.73 Å². The summed E-state index contributed by atoms with van der Waals surface area (Å²) < 4.78 is 38.4. The van der Waals surface area contributed by atoms with E-state index < -0.39 is 23.4 Å². The molecule has 0 aromatic heterocycles. The van der Waals surface area contributed by atoms with E-state index >= 15 is 0 Å². The summed E-state index contributed by atoms with van der Waals surface area (Å²) in [5.41, 5.74) is 4.91. The lowest BCUT2D eigenvalue weighted by Crippen LogP contribution is -2.07. The van der Waals surface area contributed by atoms with Gasteiger partial charge in [0.1, 0.15) is 5.82 Å². The average molecular weight is 231 g/mol. The summed E-state index contributed by atoms with van der Waals surface area (Å²) in [6.45, 7) is 0. The van der Waals surface area contributed by atoms with Gasteiger partial charge in [0.15, 0.2) is 11.6 Å². The number of rotatable bonds is 3. The van der Waals surface area contributed by atoms with Crippen molar-refractivity contribution >= 4 is 5.97 Å². The molecule has 1 rings (SSSR count). The largest absolute Gasteiger partial charge is 0.478 e. The zero-order valence-electron chi connectivity index (χ0n) is 8.01. The molecule has 0 fully saturated rings. The summed E-state index contributed by atoms with van der Waals surface area (Å²) in [6.07, 6.45) is 0.371. The number of carboxylic acid groups (broad SMARTS) is 1. The third-order valence-corrected chi connectivity index (χ3v) is 1.79. The molecule has 0 bridgehead atoms. The first-order valence-electron chi connectivity index (χ1n) is 4.22. The van der Waals surface area contributed by atoms with E-state index in [2.05, 4.69) is 0 Å². The summed E-state index contributed by atoms with van der Waals surface area (Å²) in [5, 5.41) is 8.35. The fraction of sp³-hybridized carbons (Fsp3) is 0.100. The van der Waals surface area contributed by atoms with Crippen molar-refractivity contribution in [3.05, 3.63) is 46.9 Å². The molecule has 0 saturated carbocycles. The topological polar surface area (TPSA) is 63.3 Å². The lowest BCUT2D eigenvalue weighted by atomic mass is 10.1. The van der Waals surface area contributed by atoms with Crippen molar-refractivity contribution in [3.8, 4) is 0 Å². The van der Waals surface area contributed by atoms with Crippen LogP contribution in [0.5, 0.6) is 0 Å². The summed E-state index contributed by atoms with van der Waals surface area (Å²) in [4.78, 5) is 10.2. The van der Waals surface area contributed by atoms with E-state index in [1.807, 2.05) is 0 Å². The van der Waals surface area contributed by atoms with Crippen LogP contribution in [0.25, 0.3) is 0 Å². The van der Waals surface area contributed by atoms with Gasteiger partial charge in [-0.1, -0.05) is 0 Å². The van der Waals surface area contributed by atoms with Gasteiger partial charge in [-0.05, 0) is 11.6 Å². The monoisotopic (exact) mass is 231 g/mol. The van der Waals surface area contributed by atoms with Gasteiger partial charge in [0.05, 0.1) is 0 Å². The van der Waals surface area contributed by atoms with Gasteiger partial charge < -0.3 is 10.8 Å². The maximum Gasteiger partial charge on any atom is 0.330 e. The van der Waals surface area contributed by atoms with E-state index in [1.165, 1.54) is 0 Å². The van der Waals surface area contributed by atoms with Crippen molar-refractivity contribution in [1.82, 2.24) is 0 Å². The van der Waals surface area contributed by atoms with E-state index in [-0.39, 0.29) is 17.7 Å². The quantitative estimate of drug-likeness (QED) is 0.613. The number of carboxylic acids is 1. The molecule has 3 N–H and O–H groups in total. The van der Waals surface area contributed by atoms with Crippen LogP contribution in [0.1, 0.15) is 5.56 Å². The van der Waals surface area contributed by atoms with Gasteiger partial charge in [0.2, 0.25) is 0 Å². The average Bonchev–Trinajstić information content (AvgIpc) is 2.12. The highest BCUT2D eigenvalue weighted by molar-refractivity contribution is 5.80. The van der Waals surface area contributed by atoms with Crippen LogP contribution in [-0.2, 0) is 11.2 Å². The Labute approximate surface area is 89.0 Å². The third kappa shape index (κ3) is 3.01. The van der Waals surface area contributed by atoms with Crippen LogP contribution in [0, 0.1) is 17.5 Å². The highest BCUT2D eigenvalue weighted by Crippen LogP contribution is 2.15. The Balaban J connectivity index is 2.98. The first-order valence-corrected chi connectivity index (χ1v) is 4.22. The lowest BCUT2D eigenvalue weighted by Gasteiger charge is -2.04. The molecule has 0 aliphatic heterocycles. The second kappa shape index (κ2) is 4.69. The Bertz CT molecular complexity index is 458. The summed E-state index contributed by atoms with van der Waals surface area (Å²) in [5.74, 6) is -4.78. The number of benzene rings is 1. The van der Waals surface area contributed by atoms with Crippen LogP contribution in [0.15, 0.2) is 23.9 Å². The Morgan fingerprint density at radius 2 is 1.81 bits per heavy atom. The molecule has 0 amide bonds. The van der Waals surface area contributed by atoms with Crippen LogP contribution in [0.2, 0.25) is 0 Å². The number of allylic oxidation sites excluding steroid dienone is 1. The molecule has 0 atom stereocenters. The predicted molar refractivity (Wildman–Crippen MR) is 49.9 cm³/mol. The van der Waals surface area contributed by atoms with Gasteiger partial charge in [-0.25, -0.2) is 18.0 Å². The second-order valence-electron chi connectivity index (χ2n) is 3.09. The summed E-state index contributed by atoms with van der Waals surface area (Å²) in [7, 11) is 0. The Morgan fingerprint density at radius 1 is 1.25 bits per heavy atom. The highest BCUT2D eigenvalue weighted by Gasteiger charge is 2.10. The zero-order valence-corrected chi connectivity index (χ0v) is 8.01. The van der Waals surface area contributed by atoms with Crippen LogP contribution in [0.4, 0.5) is 13.2 Å². The molecule has 1 aromatic carbocycles. The minimum absolute atomic E-state index is 0.155. The van der Waals surface area contributed by atoms with Gasteiger partial charge in [-0.3, -0.25) is 0 Å². The molecule has 0 aliphatic carbocycles. The normalized spacial score (nSPS) is 11.6. The van der Waals surface area contributed by atoms with Crippen molar-refractivity contribution in [3.63, 3.8) is 0 Å². The minimum Gasteiger partial charge on any atom is -0.478 e. The molecular weight excluding hydrogens is 223 g/mol. The van der Waals surface area contributed by atoms with Crippen LogP contribution in [-0.4, -0.2) is 11.1 Å². The van der Waals surface area contributed by atoms with Gasteiger partial charge in [-0.2, -0.15) is 0 Å². The number of nitrogens with two attached hydrogens (primary N) is 1. The smallest absolute Gasteiger partial charge is 0.330 e. The minimum atomic E-state index is -1.30. The molecule has 0 unspecified atom stereocenters. The standard InChI is InChI=1S/C10H8F3NO2/c11-7-4-9(13)8(12)2-5(7)1-6(14)3-10(15)16/h2-4H,1,14H2,(H,15,16)/b6-3+.